The predicted octanol–water partition coefficient (Wildman–Crippen LogP) is 0.324. The first-order valence-electron chi connectivity index (χ1n) is 5.50. The highest BCUT2D eigenvalue weighted by Crippen LogP contribution is 2.12. The Morgan fingerprint density at radius 2 is 2.26 bits per heavy atom. The van der Waals surface area contributed by atoms with E-state index in [2.05, 4.69) is 20.6 Å². The number of nitrogens with one attached hydrogen (secondary N) is 2. The maximum atomic E-state index is 11.7. The third kappa shape index (κ3) is 4.26. The first-order valence-corrected chi connectivity index (χ1v) is 5.50. The summed E-state index contributed by atoms with van der Waals surface area (Å²) in [6, 6.07) is 2.37. The number of ether oxygens (including phenoxy) is 1. The van der Waals surface area contributed by atoms with Gasteiger partial charge in [-0.05, 0) is 19.1 Å². The van der Waals surface area contributed by atoms with Crippen molar-refractivity contribution < 1.29 is 14.3 Å². The number of primary amides is 1. The van der Waals surface area contributed by atoms with E-state index in [1.165, 1.54) is 13.2 Å². The number of amides is 2. The summed E-state index contributed by atoms with van der Waals surface area (Å²) in [5, 5.41) is 4.96. The standard InChI is InChI=1S/C11H15N5O3/c1-3-19-9(17)7-5-4-6-14-8(7)15-11(13-2)16-10(12)18/h4-6H,3H2,1-2H3,(H4,12,13,14,15,16,18). The van der Waals surface area contributed by atoms with Gasteiger partial charge in [-0.15, -0.1) is 0 Å². The molecule has 0 saturated carbocycles. The molecule has 0 fully saturated rings. The molecule has 1 aromatic heterocycles. The van der Waals surface area contributed by atoms with Gasteiger partial charge in [-0.2, -0.15) is 0 Å². The number of nitrogens with zero attached hydrogens (tertiary/aromatic N) is 2. The van der Waals surface area contributed by atoms with Crippen molar-refractivity contribution in [1.29, 1.82) is 0 Å². The van der Waals surface area contributed by atoms with Crippen molar-refractivity contribution in [2.75, 3.05) is 19.0 Å². The van der Waals surface area contributed by atoms with Crippen LogP contribution in [0, 0.1) is 0 Å². The Kier molecular flexibility index (Phi) is 5.27. The summed E-state index contributed by atoms with van der Waals surface area (Å²) < 4.78 is 4.89. The van der Waals surface area contributed by atoms with Crippen LogP contribution in [0.4, 0.5) is 10.6 Å². The molecule has 0 radical (unpaired) electrons. The normalized spacial score (nSPS) is 10.7. The highest BCUT2D eigenvalue weighted by Gasteiger charge is 2.14. The van der Waals surface area contributed by atoms with Gasteiger partial charge in [-0.3, -0.25) is 10.3 Å². The zero-order chi connectivity index (χ0) is 14.3. The number of hydrogen-bond acceptors (Lipinski definition) is 5. The third-order valence-electron chi connectivity index (χ3n) is 2.01. The van der Waals surface area contributed by atoms with Crippen LogP contribution in [0.1, 0.15) is 17.3 Å². The number of nitrogens with two attached hydrogens (primary N) is 1. The molecule has 8 heteroatoms. The Hall–Kier alpha value is -2.64. The lowest BCUT2D eigenvalue weighted by Crippen LogP contribution is -2.39. The maximum absolute atomic E-state index is 11.7. The maximum Gasteiger partial charge on any atom is 0.341 e. The molecular formula is C11H15N5O3. The average molecular weight is 265 g/mol. The minimum Gasteiger partial charge on any atom is -0.462 e. The minimum absolute atomic E-state index is 0.0803. The van der Waals surface area contributed by atoms with E-state index in [9.17, 15) is 9.59 Å². The molecule has 0 aromatic carbocycles. The van der Waals surface area contributed by atoms with Crippen molar-refractivity contribution in [3.63, 3.8) is 0 Å². The summed E-state index contributed by atoms with van der Waals surface area (Å²) in [6.07, 6.45) is 1.49. The van der Waals surface area contributed by atoms with E-state index in [4.69, 9.17) is 10.5 Å². The quantitative estimate of drug-likeness (QED) is 0.413. The second-order valence-corrected chi connectivity index (χ2v) is 3.31. The lowest BCUT2D eigenvalue weighted by molar-refractivity contribution is 0.0527. The molecule has 4 N–H and O–H groups in total. The number of pyridine rings is 1. The van der Waals surface area contributed by atoms with Gasteiger partial charge in [0.2, 0.25) is 5.96 Å². The number of hydrogen-bond donors (Lipinski definition) is 3. The van der Waals surface area contributed by atoms with Crippen molar-refractivity contribution in [2.45, 2.75) is 6.92 Å². The van der Waals surface area contributed by atoms with Gasteiger partial charge >= 0.3 is 12.0 Å². The molecule has 2 amide bonds. The Bertz CT molecular complexity index is 501. The monoisotopic (exact) mass is 265 g/mol. The number of esters is 1. The van der Waals surface area contributed by atoms with Gasteiger partial charge in [0, 0.05) is 13.2 Å². The SMILES string of the molecule is CCOC(=O)c1cccnc1NC(=NC)NC(N)=O. The molecule has 0 spiro atoms. The summed E-state index contributed by atoms with van der Waals surface area (Å²) in [5.74, 6) is -0.223. The number of anilines is 1. The van der Waals surface area contributed by atoms with Crippen LogP contribution in [0.15, 0.2) is 23.3 Å². The van der Waals surface area contributed by atoms with Crippen LogP contribution in [0.25, 0.3) is 0 Å². The lowest BCUT2D eigenvalue weighted by Gasteiger charge is -2.11. The zero-order valence-corrected chi connectivity index (χ0v) is 10.6. The number of carbonyl (C=O) groups is 2. The minimum atomic E-state index is -0.776. The summed E-state index contributed by atoms with van der Waals surface area (Å²) in [7, 11) is 1.45. The van der Waals surface area contributed by atoms with Crippen LogP contribution in [-0.4, -0.2) is 36.6 Å². The molecule has 0 atom stereocenters. The van der Waals surface area contributed by atoms with Crippen molar-refractivity contribution in [3.05, 3.63) is 23.9 Å². The molecule has 0 unspecified atom stereocenters. The van der Waals surface area contributed by atoms with Crippen LogP contribution >= 0.6 is 0 Å². The molecule has 1 heterocycles. The van der Waals surface area contributed by atoms with E-state index >= 15 is 0 Å². The highest BCUT2D eigenvalue weighted by atomic mass is 16.5. The topological polar surface area (TPSA) is 119 Å². The molecule has 0 aliphatic rings. The molecular weight excluding hydrogens is 250 g/mol. The van der Waals surface area contributed by atoms with E-state index in [1.54, 1.807) is 19.1 Å². The van der Waals surface area contributed by atoms with Gasteiger partial charge in [0.05, 0.1) is 6.61 Å². The predicted molar refractivity (Wildman–Crippen MR) is 69.9 cm³/mol. The second kappa shape index (κ2) is 6.94. The number of guanidine groups is 1. The number of aliphatic imine (C=N–C) groups is 1. The van der Waals surface area contributed by atoms with Gasteiger partial charge < -0.3 is 15.8 Å². The largest absolute Gasteiger partial charge is 0.462 e. The van der Waals surface area contributed by atoms with Crippen molar-refractivity contribution in [2.24, 2.45) is 10.7 Å². The van der Waals surface area contributed by atoms with E-state index in [0.29, 0.717) is 0 Å². The molecule has 8 nitrogen and oxygen atoms in total. The average Bonchev–Trinajstić information content (AvgIpc) is 2.38. The number of rotatable bonds is 3. The molecule has 0 aliphatic heterocycles. The van der Waals surface area contributed by atoms with E-state index in [-0.39, 0.29) is 23.9 Å². The van der Waals surface area contributed by atoms with Crippen LogP contribution in [0.5, 0.6) is 0 Å². The van der Waals surface area contributed by atoms with Gasteiger partial charge in [0.25, 0.3) is 0 Å². The lowest BCUT2D eigenvalue weighted by atomic mass is 10.2. The molecule has 1 aromatic rings. The van der Waals surface area contributed by atoms with E-state index in [0.717, 1.165) is 0 Å². The second-order valence-electron chi connectivity index (χ2n) is 3.31. The summed E-state index contributed by atoms with van der Waals surface area (Å²) in [4.78, 5) is 30.2. The zero-order valence-electron chi connectivity index (χ0n) is 10.6. The van der Waals surface area contributed by atoms with Gasteiger partial charge in [-0.1, -0.05) is 0 Å². The third-order valence-corrected chi connectivity index (χ3v) is 2.01. The van der Waals surface area contributed by atoms with Crippen molar-refractivity contribution >= 4 is 23.8 Å². The fourth-order valence-corrected chi connectivity index (χ4v) is 1.25. The van der Waals surface area contributed by atoms with Gasteiger partial charge in [0.1, 0.15) is 11.4 Å². The molecule has 102 valence electrons. The van der Waals surface area contributed by atoms with Gasteiger partial charge in [0.15, 0.2) is 0 Å². The molecule has 1 rings (SSSR count). The summed E-state index contributed by atoms with van der Waals surface area (Å²) in [6.45, 7) is 1.95. The molecule has 0 saturated heterocycles. The van der Waals surface area contributed by atoms with Crippen molar-refractivity contribution in [3.8, 4) is 0 Å². The highest BCUT2D eigenvalue weighted by molar-refractivity contribution is 6.05. The van der Waals surface area contributed by atoms with E-state index in [1.807, 2.05) is 0 Å². The Labute approximate surface area is 110 Å². The summed E-state index contributed by atoms with van der Waals surface area (Å²) >= 11 is 0. The van der Waals surface area contributed by atoms with Crippen LogP contribution in [0.3, 0.4) is 0 Å². The Morgan fingerprint density at radius 3 is 2.84 bits per heavy atom. The first-order chi connectivity index (χ1) is 9.08. The Balaban J connectivity index is 2.94. The van der Waals surface area contributed by atoms with Crippen LogP contribution < -0.4 is 16.4 Å². The number of urea groups is 1. The first kappa shape index (κ1) is 14.4. The smallest absolute Gasteiger partial charge is 0.341 e. The Morgan fingerprint density at radius 1 is 1.53 bits per heavy atom. The van der Waals surface area contributed by atoms with E-state index < -0.39 is 12.0 Å². The van der Waals surface area contributed by atoms with Crippen LogP contribution in [-0.2, 0) is 4.74 Å². The fraction of sp³-hybridized carbons (Fsp3) is 0.273. The molecule has 0 bridgehead atoms. The number of carbonyl (C=O) groups excluding carboxylic acids is 2. The molecule has 0 aliphatic carbocycles. The van der Waals surface area contributed by atoms with Crippen LogP contribution in [0.2, 0.25) is 0 Å². The number of aromatic nitrogens is 1. The fourth-order valence-electron chi connectivity index (χ4n) is 1.25. The summed E-state index contributed by atoms with van der Waals surface area (Å²) in [5.41, 5.74) is 5.22. The van der Waals surface area contributed by atoms with Gasteiger partial charge in [-0.25, -0.2) is 14.6 Å². The van der Waals surface area contributed by atoms with Crippen molar-refractivity contribution in [1.82, 2.24) is 10.3 Å². The molecule has 19 heavy (non-hydrogen) atoms.